The van der Waals surface area contributed by atoms with E-state index >= 15 is 0 Å². The number of benzene rings is 1. The van der Waals surface area contributed by atoms with Crippen molar-refractivity contribution in [2.75, 3.05) is 13.1 Å². The molecule has 2 aliphatic rings. The third kappa shape index (κ3) is 4.70. The predicted octanol–water partition coefficient (Wildman–Crippen LogP) is 4.88. The largest absolute Gasteiger partial charge is 0.465 e. The topological polar surface area (TPSA) is 50.5 Å². The molecule has 0 amide bonds. The van der Waals surface area contributed by atoms with Gasteiger partial charge >= 0.3 is 0 Å². The van der Waals surface area contributed by atoms with Crippen molar-refractivity contribution in [3.63, 3.8) is 0 Å². The molecule has 152 valence electrons. The Bertz CT molecular complexity index is 920. The van der Waals surface area contributed by atoms with Gasteiger partial charge in [-0.2, -0.15) is 0 Å². The molecule has 1 aromatic carbocycles. The van der Waals surface area contributed by atoms with Gasteiger partial charge in [-0.15, -0.1) is 0 Å². The maximum absolute atomic E-state index is 14.6. The van der Waals surface area contributed by atoms with Crippen LogP contribution in [0.3, 0.4) is 0 Å². The normalized spacial score (nSPS) is 22.6. The summed E-state index contributed by atoms with van der Waals surface area (Å²) >= 11 is 1.31. The lowest BCUT2D eigenvalue weighted by Gasteiger charge is -2.38. The van der Waals surface area contributed by atoms with E-state index in [1.807, 2.05) is 18.2 Å². The van der Waals surface area contributed by atoms with Gasteiger partial charge in [0, 0.05) is 36.7 Å². The lowest BCUT2D eigenvalue weighted by Crippen LogP contribution is -2.43. The molecule has 2 aromatic rings. The first-order valence-electron chi connectivity index (χ1n) is 9.96. The molecule has 0 bridgehead atoms. The summed E-state index contributed by atoms with van der Waals surface area (Å²) in [5, 5.41) is 0.0969. The van der Waals surface area contributed by atoms with E-state index in [-0.39, 0.29) is 27.9 Å². The average Bonchev–Trinajstić information content (AvgIpc) is 3.42. The number of carbonyl (C=O) groups is 2. The Morgan fingerprint density at radius 1 is 1.21 bits per heavy atom. The molecule has 1 aliphatic carbocycles. The first-order valence-corrected chi connectivity index (χ1v) is 10.8. The van der Waals surface area contributed by atoms with E-state index in [9.17, 15) is 14.0 Å². The van der Waals surface area contributed by atoms with E-state index in [4.69, 9.17) is 4.42 Å². The predicted molar refractivity (Wildman–Crippen MR) is 112 cm³/mol. The number of halogens is 1. The number of nitrogens with zero attached hydrogens (tertiary/aromatic N) is 1. The van der Waals surface area contributed by atoms with Crippen LogP contribution in [0.2, 0.25) is 0 Å². The van der Waals surface area contributed by atoms with Gasteiger partial charge in [0.15, 0.2) is 10.9 Å². The number of rotatable bonds is 6. The molecule has 0 radical (unpaired) electrons. The summed E-state index contributed by atoms with van der Waals surface area (Å²) in [6.07, 6.45) is 6.05. The minimum Gasteiger partial charge on any atom is -0.465 e. The van der Waals surface area contributed by atoms with Crippen LogP contribution in [-0.2, 0) is 9.59 Å². The zero-order valence-electron chi connectivity index (χ0n) is 16.3. The van der Waals surface area contributed by atoms with Crippen LogP contribution in [0.25, 0.3) is 6.08 Å². The molecule has 2 atom stereocenters. The second kappa shape index (κ2) is 8.67. The quantitative estimate of drug-likeness (QED) is 0.676. The zero-order chi connectivity index (χ0) is 20.4. The van der Waals surface area contributed by atoms with Crippen LogP contribution in [0.4, 0.5) is 4.39 Å². The molecule has 1 aliphatic heterocycles. The fraction of sp³-hybridized carbons (Fsp3) is 0.391. The van der Waals surface area contributed by atoms with E-state index in [1.54, 1.807) is 31.4 Å². The van der Waals surface area contributed by atoms with E-state index in [1.165, 1.54) is 17.8 Å². The fourth-order valence-corrected chi connectivity index (χ4v) is 4.87. The zero-order valence-corrected chi connectivity index (χ0v) is 17.2. The van der Waals surface area contributed by atoms with Gasteiger partial charge in [-0.25, -0.2) is 4.39 Å². The third-order valence-electron chi connectivity index (χ3n) is 5.47. The molecule has 4 nitrogen and oxygen atoms in total. The third-order valence-corrected chi connectivity index (χ3v) is 6.63. The van der Waals surface area contributed by atoms with Crippen LogP contribution < -0.4 is 0 Å². The maximum Gasteiger partial charge on any atom is 0.186 e. The van der Waals surface area contributed by atoms with Crippen molar-refractivity contribution in [3.05, 3.63) is 65.4 Å². The van der Waals surface area contributed by atoms with Crippen LogP contribution in [0.1, 0.15) is 43.6 Å². The lowest BCUT2D eigenvalue weighted by molar-refractivity contribution is -0.126. The van der Waals surface area contributed by atoms with Gasteiger partial charge in [-0.1, -0.05) is 30.0 Å². The molecular weight excluding hydrogens is 389 g/mol. The standard InChI is InChI=1S/C23H24FNO3S/c1-15(26)29-21-10-11-25(14-17(21)13-18-5-4-12-28-18)22(23(27)16-8-9-16)19-6-2-3-7-20(19)24/h2-7,12-13,16,21-22H,8-11,14H2,1H3/b17-13+. The number of hydrogen-bond donors (Lipinski definition) is 0. The van der Waals surface area contributed by atoms with E-state index in [0.29, 0.717) is 24.4 Å². The Kier molecular flexibility index (Phi) is 6.01. The first-order chi connectivity index (χ1) is 14.0. The summed E-state index contributed by atoms with van der Waals surface area (Å²) in [4.78, 5) is 26.9. The molecule has 1 aromatic heterocycles. The molecule has 0 N–H and O–H groups in total. The van der Waals surface area contributed by atoms with Crippen molar-refractivity contribution >= 4 is 28.7 Å². The van der Waals surface area contributed by atoms with Gasteiger partial charge in [0.25, 0.3) is 0 Å². The number of hydrogen-bond acceptors (Lipinski definition) is 5. The molecule has 0 spiro atoms. The highest BCUT2D eigenvalue weighted by atomic mass is 32.2. The number of ketones is 1. The molecule has 2 heterocycles. The van der Waals surface area contributed by atoms with E-state index < -0.39 is 6.04 Å². The highest BCUT2D eigenvalue weighted by molar-refractivity contribution is 8.14. The number of Topliss-reactive ketones (excluding diaryl/α,β-unsaturated/α-hetero) is 1. The Labute approximate surface area is 174 Å². The van der Waals surface area contributed by atoms with E-state index in [0.717, 1.165) is 24.8 Å². The Morgan fingerprint density at radius 2 is 2.00 bits per heavy atom. The second-order valence-corrected chi connectivity index (χ2v) is 9.07. The van der Waals surface area contributed by atoms with Gasteiger partial charge in [-0.05, 0) is 49.1 Å². The molecule has 4 rings (SSSR count). The van der Waals surface area contributed by atoms with Crippen molar-refractivity contribution in [3.8, 4) is 0 Å². The number of furan rings is 1. The van der Waals surface area contributed by atoms with Gasteiger partial charge in [0.2, 0.25) is 0 Å². The number of likely N-dealkylation sites (tertiary alicyclic amines) is 1. The maximum atomic E-state index is 14.6. The van der Waals surface area contributed by atoms with Gasteiger partial charge in [0.05, 0.1) is 12.3 Å². The molecule has 1 saturated carbocycles. The number of piperidine rings is 1. The van der Waals surface area contributed by atoms with Gasteiger partial charge < -0.3 is 4.42 Å². The van der Waals surface area contributed by atoms with Crippen molar-refractivity contribution in [1.29, 1.82) is 0 Å². The molecular formula is C23H24FNO3S. The summed E-state index contributed by atoms with van der Waals surface area (Å²) in [5.41, 5.74) is 1.47. The second-order valence-electron chi connectivity index (χ2n) is 7.69. The van der Waals surface area contributed by atoms with Crippen LogP contribution in [0.5, 0.6) is 0 Å². The Balaban J connectivity index is 1.66. The van der Waals surface area contributed by atoms with Crippen LogP contribution in [-0.4, -0.2) is 34.1 Å². The minimum atomic E-state index is -0.591. The van der Waals surface area contributed by atoms with Gasteiger partial charge in [-0.3, -0.25) is 14.5 Å². The summed E-state index contributed by atoms with van der Waals surface area (Å²) in [7, 11) is 0. The van der Waals surface area contributed by atoms with Crippen molar-refractivity contribution in [2.24, 2.45) is 5.92 Å². The van der Waals surface area contributed by atoms with Crippen LogP contribution in [0, 0.1) is 11.7 Å². The Morgan fingerprint density at radius 3 is 2.66 bits per heavy atom. The molecule has 6 heteroatoms. The smallest absolute Gasteiger partial charge is 0.186 e. The summed E-state index contributed by atoms with van der Waals surface area (Å²) in [5.74, 6) is 0.502. The minimum absolute atomic E-state index is 0.0291. The summed E-state index contributed by atoms with van der Waals surface area (Å²) < 4.78 is 20.1. The van der Waals surface area contributed by atoms with Gasteiger partial charge in [0.1, 0.15) is 11.6 Å². The highest BCUT2D eigenvalue weighted by Gasteiger charge is 2.41. The van der Waals surface area contributed by atoms with Crippen LogP contribution in [0.15, 0.2) is 52.7 Å². The Hall–Kier alpha value is -2.18. The number of carbonyl (C=O) groups excluding carboxylic acids is 2. The van der Waals surface area contributed by atoms with E-state index in [2.05, 4.69) is 4.90 Å². The number of thioether (sulfide) groups is 1. The molecule has 29 heavy (non-hydrogen) atoms. The molecule has 2 unspecified atom stereocenters. The van der Waals surface area contributed by atoms with Crippen molar-refractivity contribution < 1.29 is 18.4 Å². The van der Waals surface area contributed by atoms with Crippen molar-refractivity contribution in [2.45, 2.75) is 37.5 Å². The highest BCUT2D eigenvalue weighted by Crippen LogP contribution is 2.40. The van der Waals surface area contributed by atoms with Crippen molar-refractivity contribution in [1.82, 2.24) is 4.90 Å². The lowest BCUT2D eigenvalue weighted by atomic mass is 9.93. The SMILES string of the molecule is CC(=O)SC1CCN(C(C(=O)C2CC2)c2ccccc2F)C/C1=C\c1ccco1. The first kappa shape index (κ1) is 20.1. The summed E-state index contributed by atoms with van der Waals surface area (Å²) in [6, 6.07) is 9.66. The molecule has 2 fully saturated rings. The monoisotopic (exact) mass is 413 g/mol. The van der Waals surface area contributed by atoms with Crippen LogP contribution >= 0.6 is 11.8 Å². The molecule has 1 saturated heterocycles. The fourth-order valence-electron chi connectivity index (χ4n) is 3.95. The average molecular weight is 414 g/mol. The summed E-state index contributed by atoms with van der Waals surface area (Å²) in [6.45, 7) is 2.71.